The van der Waals surface area contributed by atoms with E-state index in [1.807, 2.05) is 0 Å². The van der Waals surface area contributed by atoms with Gasteiger partial charge in [0.05, 0.1) is 11.9 Å². The number of fused-ring (bicyclic) bond motifs is 2. The molecule has 2 heterocycles. The first-order valence-corrected chi connectivity index (χ1v) is 10.9. The highest BCUT2D eigenvalue weighted by Gasteiger charge is 2.26. The lowest BCUT2D eigenvalue weighted by atomic mass is 9.99. The smallest absolute Gasteiger partial charge is 0.297 e. The summed E-state index contributed by atoms with van der Waals surface area (Å²) in [6.07, 6.45) is 9.58. The summed E-state index contributed by atoms with van der Waals surface area (Å²) < 4.78 is 29.0. The van der Waals surface area contributed by atoms with Crippen LogP contribution < -0.4 is 10.0 Å². The number of nitrogens with one attached hydrogen (secondary N) is 3. The Morgan fingerprint density at radius 3 is 2.43 bits per heavy atom. The van der Waals surface area contributed by atoms with Gasteiger partial charge in [-0.15, -0.1) is 10.2 Å². The van der Waals surface area contributed by atoms with Gasteiger partial charge in [-0.2, -0.15) is 13.5 Å². The average molecular weight is 399 g/mol. The Morgan fingerprint density at radius 1 is 1.07 bits per heavy atom. The zero-order valence-electron chi connectivity index (χ0n) is 15.5. The lowest BCUT2D eigenvalue weighted by Gasteiger charge is -2.15. The van der Waals surface area contributed by atoms with Gasteiger partial charge in [0.15, 0.2) is 0 Å². The van der Waals surface area contributed by atoms with Crippen LogP contribution in [0, 0.1) is 0 Å². The van der Waals surface area contributed by atoms with Crippen LogP contribution in [0.3, 0.4) is 0 Å². The van der Waals surface area contributed by atoms with Crippen molar-refractivity contribution in [2.75, 3.05) is 10.0 Å². The van der Waals surface area contributed by atoms with Gasteiger partial charge in [-0.25, -0.2) is 0 Å². The highest BCUT2D eigenvalue weighted by Crippen LogP contribution is 2.39. The van der Waals surface area contributed by atoms with Crippen molar-refractivity contribution in [2.24, 2.45) is 7.05 Å². The van der Waals surface area contributed by atoms with Crippen LogP contribution in [0.2, 0.25) is 0 Å². The van der Waals surface area contributed by atoms with E-state index in [0.29, 0.717) is 11.6 Å². The number of sulfonamides is 1. The maximum absolute atomic E-state index is 12.5. The molecule has 1 aromatic carbocycles. The van der Waals surface area contributed by atoms with Gasteiger partial charge in [-0.3, -0.25) is 14.4 Å². The Kier molecular flexibility index (Phi) is 3.90. The van der Waals surface area contributed by atoms with Crippen LogP contribution in [0.25, 0.3) is 0 Å². The first-order chi connectivity index (χ1) is 13.5. The van der Waals surface area contributed by atoms with Crippen LogP contribution in [0.1, 0.15) is 35.1 Å². The van der Waals surface area contributed by atoms with E-state index in [0.717, 1.165) is 44.2 Å². The van der Waals surface area contributed by atoms with Gasteiger partial charge < -0.3 is 5.32 Å². The van der Waals surface area contributed by atoms with Crippen LogP contribution in [0.4, 0.5) is 17.3 Å². The summed E-state index contributed by atoms with van der Waals surface area (Å²) in [4.78, 5) is 2.80. The van der Waals surface area contributed by atoms with Crippen molar-refractivity contribution in [3.8, 4) is 0 Å². The summed E-state index contributed by atoms with van der Waals surface area (Å²) in [6, 6.07) is 2.35. The molecule has 10 heteroatoms. The summed E-state index contributed by atoms with van der Waals surface area (Å²) >= 11 is 0. The third-order valence-electron chi connectivity index (χ3n) is 5.39. The lowest BCUT2D eigenvalue weighted by Crippen LogP contribution is -2.14. The molecule has 0 bridgehead atoms. The molecule has 3 N–H and O–H groups in total. The largest absolute Gasteiger partial charge is 0.324 e. The van der Waals surface area contributed by atoms with Crippen molar-refractivity contribution in [2.45, 2.75) is 43.7 Å². The van der Waals surface area contributed by atoms with Crippen LogP contribution in [0.15, 0.2) is 23.6 Å². The summed E-state index contributed by atoms with van der Waals surface area (Å²) in [5, 5.41) is 14.9. The quantitative estimate of drug-likeness (QED) is 0.604. The molecule has 9 nitrogen and oxygen atoms in total. The molecule has 0 unspecified atom stereocenters. The topological polar surface area (TPSA) is 118 Å². The zero-order valence-corrected chi connectivity index (χ0v) is 16.3. The molecule has 28 heavy (non-hydrogen) atoms. The minimum atomic E-state index is -3.87. The van der Waals surface area contributed by atoms with Crippen molar-refractivity contribution in [3.63, 3.8) is 0 Å². The molecule has 0 fully saturated rings. The molecular weight excluding hydrogens is 378 g/mol. The molecule has 2 aromatic heterocycles. The van der Waals surface area contributed by atoms with E-state index in [4.69, 9.17) is 0 Å². The van der Waals surface area contributed by atoms with Crippen LogP contribution in [-0.2, 0) is 42.8 Å². The Labute approximate surface area is 162 Å². The van der Waals surface area contributed by atoms with Gasteiger partial charge in [-0.05, 0) is 60.8 Å². The second kappa shape index (κ2) is 6.33. The molecule has 0 atom stereocenters. The molecule has 2 aliphatic carbocycles. The van der Waals surface area contributed by atoms with E-state index in [9.17, 15) is 8.42 Å². The first-order valence-electron chi connectivity index (χ1n) is 9.37. The summed E-state index contributed by atoms with van der Waals surface area (Å²) in [7, 11) is -2.15. The molecule has 0 aliphatic heterocycles. The maximum Gasteiger partial charge on any atom is 0.297 e. The number of hydrogen-bond acceptors (Lipinski definition) is 6. The average Bonchev–Trinajstić information content (AvgIpc) is 3.41. The summed E-state index contributed by atoms with van der Waals surface area (Å²) in [6.45, 7) is 0. The number of aryl methyl sites for hydroxylation is 3. The molecule has 0 saturated carbocycles. The first kappa shape index (κ1) is 17.2. The number of H-pyrrole nitrogens is 1. The van der Waals surface area contributed by atoms with Gasteiger partial charge in [-0.1, -0.05) is 6.07 Å². The summed E-state index contributed by atoms with van der Waals surface area (Å²) in [5.74, 6) is 0.334. The van der Waals surface area contributed by atoms with Crippen molar-refractivity contribution >= 4 is 27.3 Å². The van der Waals surface area contributed by atoms with Gasteiger partial charge in [0.2, 0.25) is 5.95 Å². The molecule has 0 saturated heterocycles. The van der Waals surface area contributed by atoms with E-state index in [2.05, 4.69) is 36.4 Å². The van der Waals surface area contributed by atoms with E-state index >= 15 is 0 Å². The van der Waals surface area contributed by atoms with Gasteiger partial charge >= 0.3 is 0 Å². The number of hydrogen-bond donors (Lipinski definition) is 3. The Morgan fingerprint density at radius 2 is 1.79 bits per heavy atom. The van der Waals surface area contributed by atoms with Gasteiger partial charge in [0, 0.05) is 18.9 Å². The number of aromatic nitrogens is 5. The predicted molar refractivity (Wildman–Crippen MR) is 104 cm³/mol. The molecular formula is C18H21N7O2S. The van der Waals surface area contributed by atoms with Crippen LogP contribution in [0.5, 0.6) is 0 Å². The third kappa shape index (κ3) is 2.93. The van der Waals surface area contributed by atoms with E-state index in [1.165, 1.54) is 33.1 Å². The van der Waals surface area contributed by atoms with Crippen LogP contribution in [-0.4, -0.2) is 33.4 Å². The predicted octanol–water partition coefficient (Wildman–Crippen LogP) is 2.06. The number of nitrogens with zero attached hydrogens (tertiary/aromatic N) is 4. The Hall–Kier alpha value is -2.88. The van der Waals surface area contributed by atoms with Gasteiger partial charge in [0.25, 0.3) is 15.2 Å². The van der Waals surface area contributed by atoms with Crippen molar-refractivity contribution in [3.05, 3.63) is 40.7 Å². The fourth-order valence-electron chi connectivity index (χ4n) is 4.19. The fraction of sp³-hybridized carbons (Fsp3) is 0.389. The fourth-order valence-corrected chi connectivity index (χ4v) is 5.08. The Bertz CT molecular complexity index is 1130. The molecule has 3 aromatic rings. The standard InChI is InChI=1S/C18H21N7O2S/c1-25-10-13(9-19-25)24-28(26,27)18-21-17(22-23-18)20-16-14-6-2-4-11(14)8-12-5-3-7-15(12)16/h8-10,24H,2-7H2,1H3,(H2,20,21,22,23). The molecule has 5 rings (SSSR count). The highest BCUT2D eigenvalue weighted by atomic mass is 32.2. The van der Waals surface area contributed by atoms with Crippen LogP contribution >= 0.6 is 0 Å². The van der Waals surface area contributed by atoms with Crippen molar-refractivity contribution in [1.82, 2.24) is 25.0 Å². The third-order valence-corrected chi connectivity index (χ3v) is 6.59. The minimum Gasteiger partial charge on any atom is -0.324 e. The monoisotopic (exact) mass is 399 g/mol. The summed E-state index contributed by atoms with van der Waals surface area (Å²) in [5.41, 5.74) is 6.90. The van der Waals surface area contributed by atoms with Gasteiger partial charge in [0.1, 0.15) is 0 Å². The number of benzene rings is 1. The van der Waals surface area contributed by atoms with E-state index in [1.54, 1.807) is 13.2 Å². The molecule has 0 spiro atoms. The second-order valence-electron chi connectivity index (χ2n) is 7.35. The lowest BCUT2D eigenvalue weighted by molar-refractivity contribution is 0.593. The second-order valence-corrected chi connectivity index (χ2v) is 8.94. The molecule has 0 radical (unpaired) electrons. The minimum absolute atomic E-state index is 0.233. The number of rotatable bonds is 5. The maximum atomic E-state index is 12.5. The van der Waals surface area contributed by atoms with E-state index in [-0.39, 0.29) is 5.16 Å². The molecule has 0 amide bonds. The van der Waals surface area contributed by atoms with Crippen molar-refractivity contribution < 1.29 is 8.42 Å². The Balaban J connectivity index is 1.44. The normalized spacial score (nSPS) is 15.5. The SMILES string of the molecule is Cn1cc(NS(=O)(=O)c2nnc(Nc3c4c(cc5c3CCC5)CCC4)[nH]2)cn1. The van der Waals surface area contributed by atoms with Crippen molar-refractivity contribution in [1.29, 1.82) is 0 Å². The molecule has 146 valence electrons. The van der Waals surface area contributed by atoms with E-state index < -0.39 is 10.0 Å². The number of aromatic amines is 1. The number of anilines is 3. The molecule has 2 aliphatic rings. The highest BCUT2D eigenvalue weighted by molar-refractivity contribution is 7.92. The zero-order chi connectivity index (χ0) is 19.3.